The third kappa shape index (κ3) is 5.56. The number of phenolic OH excluding ortho intramolecular Hbond substituents is 1. The van der Waals surface area contributed by atoms with Crippen LogP contribution >= 0.6 is 0 Å². The van der Waals surface area contributed by atoms with Gasteiger partial charge < -0.3 is 15.2 Å². The molecule has 1 amide bonds. The number of hydrogen-bond donors (Lipinski definition) is 2. The zero-order valence-electron chi connectivity index (χ0n) is 9.63. The number of halogens is 4. The minimum atomic E-state index is -4.42. The van der Waals surface area contributed by atoms with E-state index in [0.29, 0.717) is 0 Å². The van der Waals surface area contributed by atoms with E-state index in [2.05, 4.69) is 10.1 Å². The summed E-state index contributed by atoms with van der Waals surface area (Å²) in [7, 11) is 0. The quantitative estimate of drug-likeness (QED) is 0.639. The summed E-state index contributed by atoms with van der Waals surface area (Å²) in [4.78, 5) is 11.4. The second-order valence-electron chi connectivity index (χ2n) is 3.59. The number of nitrogens with one attached hydrogen (secondary N) is 1. The molecule has 1 rings (SSSR count). The maximum atomic E-state index is 13.2. The first kappa shape index (κ1) is 15.2. The molecule has 0 aliphatic rings. The summed E-state index contributed by atoms with van der Waals surface area (Å²) in [5, 5.41) is 11.1. The number of carbonyl (C=O) groups is 1. The van der Waals surface area contributed by atoms with Gasteiger partial charge in [0, 0.05) is 12.6 Å². The smallest absolute Gasteiger partial charge is 0.411 e. The molecule has 106 valence electrons. The van der Waals surface area contributed by atoms with Gasteiger partial charge in [0.1, 0.15) is 18.2 Å². The van der Waals surface area contributed by atoms with Gasteiger partial charge in [-0.1, -0.05) is 0 Å². The molecule has 19 heavy (non-hydrogen) atoms. The number of ether oxygens (including phenoxy) is 1. The van der Waals surface area contributed by atoms with Crippen LogP contribution in [0.25, 0.3) is 0 Å². The van der Waals surface area contributed by atoms with Crippen molar-refractivity contribution in [1.29, 1.82) is 0 Å². The van der Waals surface area contributed by atoms with Crippen molar-refractivity contribution < 1.29 is 32.2 Å². The van der Waals surface area contributed by atoms with E-state index >= 15 is 0 Å². The lowest BCUT2D eigenvalue weighted by Gasteiger charge is -2.09. The van der Waals surface area contributed by atoms with Crippen LogP contribution in [-0.2, 0) is 4.74 Å². The first-order valence-corrected chi connectivity index (χ1v) is 5.21. The Kier molecular flexibility index (Phi) is 5.11. The Balaban J connectivity index is 2.36. The predicted octanol–water partition coefficient (Wildman–Crippen LogP) is 1.84. The molecule has 0 aliphatic carbocycles. The average Bonchev–Trinajstić information content (AvgIpc) is 2.26. The van der Waals surface area contributed by atoms with Crippen LogP contribution in [-0.4, -0.2) is 36.9 Å². The fourth-order valence-electron chi connectivity index (χ4n) is 1.21. The maximum absolute atomic E-state index is 13.2. The number of alkyl halides is 3. The summed E-state index contributed by atoms with van der Waals surface area (Å²) in [5.74, 6) is -2.05. The van der Waals surface area contributed by atoms with Crippen molar-refractivity contribution in [3.63, 3.8) is 0 Å². The Labute approximate surface area is 106 Å². The summed E-state index contributed by atoms with van der Waals surface area (Å²) in [6, 6.07) is 2.95. The van der Waals surface area contributed by atoms with Crippen molar-refractivity contribution in [2.45, 2.75) is 6.18 Å². The number of hydrogen-bond acceptors (Lipinski definition) is 3. The summed E-state index contributed by atoms with van der Waals surface area (Å²) >= 11 is 0. The van der Waals surface area contributed by atoms with Crippen molar-refractivity contribution in [1.82, 2.24) is 5.32 Å². The topological polar surface area (TPSA) is 58.6 Å². The molecule has 0 fully saturated rings. The standard InChI is InChI=1S/C11H11F4NO3/c12-9-5-7(17)1-2-8(9)10(18)16-3-4-19-6-11(13,14)15/h1-2,5,17H,3-4,6H2,(H,16,18). The monoisotopic (exact) mass is 281 g/mol. The average molecular weight is 281 g/mol. The van der Waals surface area contributed by atoms with E-state index in [-0.39, 0.29) is 24.5 Å². The van der Waals surface area contributed by atoms with E-state index < -0.39 is 24.5 Å². The third-order valence-corrected chi connectivity index (χ3v) is 1.99. The minimum Gasteiger partial charge on any atom is -0.508 e. The molecule has 0 spiro atoms. The molecule has 0 radical (unpaired) electrons. The molecule has 8 heteroatoms. The molecule has 0 atom stereocenters. The van der Waals surface area contributed by atoms with Gasteiger partial charge >= 0.3 is 6.18 Å². The molecular formula is C11H11F4NO3. The summed E-state index contributed by atoms with van der Waals surface area (Å²) < 4.78 is 52.6. The van der Waals surface area contributed by atoms with Crippen LogP contribution in [0.5, 0.6) is 5.75 Å². The van der Waals surface area contributed by atoms with Crippen molar-refractivity contribution in [2.75, 3.05) is 19.8 Å². The normalized spacial score (nSPS) is 11.4. The van der Waals surface area contributed by atoms with Crippen molar-refractivity contribution in [3.8, 4) is 5.75 Å². The summed E-state index contributed by atoms with van der Waals surface area (Å²) in [6.07, 6.45) is -4.42. The molecule has 0 aliphatic heterocycles. The molecule has 1 aromatic carbocycles. The van der Waals surface area contributed by atoms with Crippen LogP contribution in [0.2, 0.25) is 0 Å². The lowest BCUT2D eigenvalue weighted by atomic mass is 10.2. The number of carbonyl (C=O) groups excluding carboxylic acids is 1. The van der Waals surface area contributed by atoms with Crippen molar-refractivity contribution >= 4 is 5.91 Å². The van der Waals surface area contributed by atoms with E-state index in [1.807, 2.05) is 0 Å². The van der Waals surface area contributed by atoms with Gasteiger partial charge in [-0.2, -0.15) is 13.2 Å². The van der Waals surface area contributed by atoms with E-state index in [1.165, 1.54) is 0 Å². The zero-order valence-corrected chi connectivity index (χ0v) is 9.63. The molecule has 0 unspecified atom stereocenters. The first-order valence-electron chi connectivity index (χ1n) is 5.21. The SMILES string of the molecule is O=C(NCCOCC(F)(F)F)c1ccc(O)cc1F. The highest BCUT2D eigenvalue weighted by molar-refractivity contribution is 5.94. The number of phenols is 1. The largest absolute Gasteiger partial charge is 0.508 e. The zero-order chi connectivity index (χ0) is 14.5. The highest BCUT2D eigenvalue weighted by Gasteiger charge is 2.27. The Morgan fingerprint density at radius 3 is 2.63 bits per heavy atom. The van der Waals surface area contributed by atoms with Gasteiger partial charge in [-0.3, -0.25) is 4.79 Å². The van der Waals surface area contributed by atoms with Crippen LogP contribution in [0.3, 0.4) is 0 Å². The Hall–Kier alpha value is -1.83. The molecule has 0 bridgehead atoms. The Bertz CT molecular complexity index is 448. The minimum absolute atomic E-state index is 0.185. The molecule has 4 nitrogen and oxygen atoms in total. The van der Waals surface area contributed by atoms with Crippen LogP contribution in [0.1, 0.15) is 10.4 Å². The second-order valence-corrected chi connectivity index (χ2v) is 3.59. The molecule has 0 heterocycles. The molecular weight excluding hydrogens is 270 g/mol. The molecule has 0 saturated carbocycles. The summed E-state index contributed by atoms with van der Waals surface area (Å²) in [5.41, 5.74) is -0.311. The molecule has 1 aromatic rings. The second kappa shape index (κ2) is 6.37. The lowest BCUT2D eigenvalue weighted by molar-refractivity contribution is -0.173. The number of benzene rings is 1. The Morgan fingerprint density at radius 1 is 1.37 bits per heavy atom. The van der Waals surface area contributed by atoms with Gasteiger partial charge in [-0.05, 0) is 12.1 Å². The van der Waals surface area contributed by atoms with Crippen molar-refractivity contribution in [2.24, 2.45) is 0 Å². The van der Waals surface area contributed by atoms with Crippen LogP contribution in [0.15, 0.2) is 18.2 Å². The Morgan fingerprint density at radius 2 is 2.05 bits per heavy atom. The van der Waals surface area contributed by atoms with E-state index in [9.17, 15) is 22.4 Å². The van der Waals surface area contributed by atoms with Crippen LogP contribution < -0.4 is 5.32 Å². The van der Waals surface area contributed by atoms with E-state index in [0.717, 1.165) is 18.2 Å². The van der Waals surface area contributed by atoms with Gasteiger partial charge in [0.05, 0.1) is 12.2 Å². The maximum Gasteiger partial charge on any atom is 0.411 e. The fourth-order valence-corrected chi connectivity index (χ4v) is 1.21. The third-order valence-electron chi connectivity index (χ3n) is 1.99. The van der Waals surface area contributed by atoms with Gasteiger partial charge in [0.25, 0.3) is 5.91 Å². The van der Waals surface area contributed by atoms with Crippen LogP contribution in [0, 0.1) is 5.82 Å². The van der Waals surface area contributed by atoms with E-state index in [4.69, 9.17) is 5.11 Å². The molecule has 2 N–H and O–H groups in total. The van der Waals surface area contributed by atoms with Gasteiger partial charge in [0.2, 0.25) is 0 Å². The predicted molar refractivity (Wildman–Crippen MR) is 57.3 cm³/mol. The van der Waals surface area contributed by atoms with Crippen LogP contribution in [0.4, 0.5) is 17.6 Å². The lowest BCUT2D eigenvalue weighted by Crippen LogP contribution is -2.29. The van der Waals surface area contributed by atoms with Gasteiger partial charge in [-0.25, -0.2) is 4.39 Å². The van der Waals surface area contributed by atoms with E-state index in [1.54, 1.807) is 0 Å². The molecule has 0 aromatic heterocycles. The number of aromatic hydroxyl groups is 1. The first-order chi connectivity index (χ1) is 8.79. The molecule has 0 saturated heterocycles. The summed E-state index contributed by atoms with van der Waals surface area (Å²) in [6.45, 7) is -1.93. The van der Waals surface area contributed by atoms with Gasteiger partial charge in [-0.15, -0.1) is 0 Å². The highest BCUT2D eigenvalue weighted by Crippen LogP contribution is 2.15. The fraction of sp³-hybridized carbons (Fsp3) is 0.364. The number of rotatable bonds is 5. The number of amides is 1. The highest BCUT2D eigenvalue weighted by atomic mass is 19.4. The van der Waals surface area contributed by atoms with Crippen molar-refractivity contribution in [3.05, 3.63) is 29.6 Å². The van der Waals surface area contributed by atoms with Gasteiger partial charge in [0.15, 0.2) is 0 Å².